The summed E-state index contributed by atoms with van der Waals surface area (Å²) in [5, 5.41) is 17.4. The zero-order valence-electron chi connectivity index (χ0n) is 24.4. The van der Waals surface area contributed by atoms with E-state index in [0.717, 1.165) is 47.8 Å². The Labute approximate surface area is 246 Å². The summed E-state index contributed by atoms with van der Waals surface area (Å²) in [5.41, 5.74) is 4.41. The number of fused-ring (bicyclic) bond motifs is 1. The average Bonchev–Trinajstić information content (AvgIpc) is 3.41. The second kappa shape index (κ2) is 12.9. The van der Waals surface area contributed by atoms with Crippen LogP contribution in [0.1, 0.15) is 48.5 Å². The zero-order chi connectivity index (χ0) is 29.6. The molecule has 2 aromatic carbocycles. The highest BCUT2D eigenvalue weighted by molar-refractivity contribution is 6.05. The number of carbonyl (C=O) groups excluding carboxylic acids is 2. The van der Waals surface area contributed by atoms with Gasteiger partial charge in [0.1, 0.15) is 11.6 Å². The normalized spacial score (nSPS) is 16.7. The van der Waals surface area contributed by atoms with Crippen LogP contribution < -0.4 is 21.3 Å². The number of rotatable bonds is 10. The van der Waals surface area contributed by atoms with Crippen LogP contribution in [-0.2, 0) is 11.2 Å². The Morgan fingerprint density at radius 1 is 1.00 bits per heavy atom. The van der Waals surface area contributed by atoms with Crippen molar-refractivity contribution >= 4 is 46.2 Å². The van der Waals surface area contributed by atoms with E-state index in [2.05, 4.69) is 58.9 Å². The summed E-state index contributed by atoms with van der Waals surface area (Å²) in [6.07, 6.45) is 8.43. The Balaban J connectivity index is 1.31. The van der Waals surface area contributed by atoms with Gasteiger partial charge in [-0.05, 0) is 94.7 Å². The highest BCUT2D eigenvalue weighted by atomic mass is 16.2. The number of carbonyl (C=O) groups is 2. The molecule has 0 atom stereocenters. The van der Waals surface area contributed by atoms with Crippen LogP contribution in [0.2, 0.25) is 0 Å². The largest absolute Gasteiger partial charge is 0.367 e. The van der Waals surface area contributed by atoms with E-state index in [4.69, 9.17) is 4.98 Å². The lowest BCUT2D eigenvalue weighted by Crippen LogP contribution is -2.36. The highest BCUT2D eigenvalue weighted by Gasteiger charge is 2.23. The summed E-state index contributed by atoms with van der Waals surface area (Å²) < 4.78 is 1.82. The van der Waals surface area contributed by atoms with Crippen molar-refractivity contribution in [1.82, 2.24) is 19.5 Å². The van der Waals surface area contributed by atoms with E-state index in [-0.39, 0.29) is 11.8 Å². The minimum atomic E-state index is -0.306. The molecular weight excluding hydrogens is 528 g/mol. The van der Waals surface area contributed by atoms with Crippen LogP contribution in [0.3, 0.4) is 0 Å². The lowest BCUT2D eigenvalue weighted by Gasteiger charge is -2.33. The SMILES string of the molecule is C=CC(=O)Nc1ccc(C(=O)Nc2cccc(Nc3cc(N[C@H]4CC[C@H](N(C)C)CC4)nc4c(CC)cnn34)c2)cc1. The molecule has 5 rings (SSSR count). The summed E-state index contributed by atoms with van der Waals surface area (Å²) in [5.74, 6) is 1.05. The molecule has 0 saturated heterocycles. The Bertz CT molecular complexity index is 1570. The highest BCUT2D eigenvalue weighted by Crippen LogP contribution is 2.28. The van der Waals surface area contributed by atoms with E-state index < -0.39 is 0 Å². The molecule has 10 heteroatoms. The Hall–Kier alpha value is -4.70. The Morgan fingerprint density at radius 2 is 1.74 bits per heavy atom. The first-order valence-corrected chi connectivity index (χ1v) is 14.4. The fraction of sp³-hybridized carbons (Fsp3) is 0.312. The van der Waals surface area contributed by atoms with Crippen LogP contribution in [0.5, 0.6) is 0 Å². The lowest BCUT2D eigenvalue weighted by atomic mass is 9.90. The summed E-state index contributed by atoms with van der Waals surface area (Å²) in [7, 11) is 4.31. The van der Waals surface area contributed by atoms with Crippen LogP contribution in [0, 0.1) is 0 Å². The number of nitrogens with zero attached hydrogens (tertiary/aromatic N) is 4. The number of nitrogens with one attached hydrogen (secondary N) is 4. The molecule has 0 bridgehead atoms. The second-order valence-corrected chi connectivity index (χ2v) is 10.8. The molecule has 42 heavy (non-hydrogen) atoms. The molecule has 1 saturated carbocycles. The minimum absolute atomic E-state index is 0.254. The molecule has 0 radical (unpaired) electrons. The molecule has 2 aromatic heterocycles. The van der Waals surface area contributed by atoms with Crippen molar-refractivity contribution in [2.75, 3.05) is 35.4 Å². The van der Waals surface area contributed by atoms with E-state index in [1.165, 1.54) is 18.9 Å². The van der Waals surface area contributed by atoms with Gasteiger partial charge in [-0.25, -0.2) is 4.98 Å². The number of amides is 2. The van der Waals surface area contributed by atoms with Gasteiger partial charge >= 0.3 is 0 Å². The van der Waals surface area contributed by atoms with Crippen LogP contribution >= 0.6 is 0 Å². The predicted octanol–water partition coefficient (Wildman–Crippen LogP) is 5.70. The number of aryl methyl sites for hydroxylation is 1. The van der Waals surface area contributed by atoms with Crippen molar-refractivity contribution in [2.45, 2.75) is 51.1 Å². The van der Waals surface area contributed by atoms with Crippen molar-refractivity contribution in [3.63, 3.8) is 0 Å². The third-order valence-electron chi connectivity index (χ3n) is 7.70. The molecule has 0 aliphatic heterocycles. The lowest BCUT2D eigenvalue weighted by molar-refractivity contribution is -0.111. The quantitative estimate of drug-likeness (QED) is 0.182. The van der Waals surface area contributed by atoms with Gasteiger partial charge in [-0.2, -0.15) is 9.61 Å². The monoisotopic (exact) mass is 566 g/mol. The Kier molecular flexibility index (Phi) is 8.83. The van der Waals surface area contributed by atoms with Gasteiger partial charge in [0.15, 0.2) is 5.65 Å². The molecule has 4 N–H and O–H groups in total. The summed E-state index contributed by atoms with van der Waals surface area (Å²) in [4.78, 5) is 31.7. The molecule has 10 nitrogen and oxygen atoms in total. The maximum Gasteiger partial charge on any atom is 0.255 e. The molecular formula is C32H38N8O2. The van der Waals surface area contributed by atoms with Crippen LogP contribution in [0.25, 0.3) is 5.65 Å². The van der Waals surface area contributed by atoms with Gasteiger partial charge in [-0.3, -0.25) is 9.59 Å². The molecule has 1 fully saturated rings. The van der Waals surface area contributed by atoms with Crippen molar-refractivity contribution in [1.29, 1.82) is 0 Å². The van der Waals surface area contributed by atoms with E-state index >= 15 is 0 Å². The molecule has 2 heterocycles. The molecule has 2 amide bonds. The molecule has 1 aliphatic rings. The third kappa shape index (κ3) is 6.77. The fourth-order valence-electron chi connectivity index (χ4n) is 5.29. The van der Waals surface area contributed by atoms with E-state index in [0.29, 0.717) is 29.0 Å². The minimum Gasteiger partial charge on any atom is -0.367 e. The van der Waals surface area contributed by atoms with Crippen LogP contribution in [0.4, 0.5) is 28.7 Å². The van der Waals surface area contributed by atoms with Crippen LogP contribution in [-0.4, -0.2) is 57.5 Å². The Morgan fingerprint density at radius 3 is 2.43 bits per heavy atom. The van der Waals surface area contributed by atoms with Gasteiger partial charge in [0.2, 0.25) is 5.91 Å². The fourth-order valence-corrected chi connectivity index (χ4v) is 5.29. The van der Waals surface area contributed by atoms with E-state index in [9.17, 15) is 9.59 Å². The number of anilines is 5. The molecule has 4 aromatic rings. The van der Waals surface area contributed by atoms with Gasteiger partial charge in [0.05, 0.1) is 6.20 Å². The van der Waals surface area contributed by atoms with Crippen molar-refractivity contribution in [3.05, 3.63) is 84.6 Å². The predicted molar refractivity (Wildman–Crippen MR) is 169 cm³/mol. The molecule has 0 unspecified atom stereocenters. The first-order valence-electron chi connectivity index (χ1n) is 14.4. The standard InChI is InChI=1S/C32H38N8O2/c1-5-21-20-33-40-29(19-28(38-31(21)40)34-23-14-16-27(17-15-23)39(3)4)35-25-8-7-9-26(18-25)37-32(42)22-10-12-24(13-11-22)36-30(41)6-2/h6-13,18-20,23,27,35H,2,5,14-17H2,1,3-4H3,(H,34,38)(H,36,41)(H,37,42)/t23-,27-. The smallest absolute Gasteiger partial charge is 0.255 e. The molecule has 0 spiro atoms. The summed E-state index contributed by atoms with van der Waals surface area (Å²) in [6, 6.07) is 17.2. The molecule has 218 valence electrons. The van der Waals surface area contributed by atoms with Gasteiger partial charge in [0.25, 0.3) is 5.91 Å². The van der Waals surface area contributed by atoms with Gasteiger partial charge < -0.3 is 26.2 Å². The number of hydrogen-bond acceptors (Lipinski definition) is 7. The first kappa shape index (κ1) is 28.8. The van der Waals surface area contributed by atoms with Crippen molar-refractivity contribution < 1.29 is 9.59 Å². The van der Waals surface area contributed by atoms with Crippen molar-refractivity contribution in [2.24, 2.45) is 0 Å². The van der Waals surface area contributed by atoms with E-state index in [1.807, 2.05) is 41.0 Å². The average molecular weight is 567 g/mol. The first-order chi connectivity index (χ1) is 20.3. The van der Waals surface area contributed by atoms with Crippen LogP contribution in [0.15, 0.2) is 73.4 Å². The topological polar surface area (TPSA) is 116 Å². The summed E-state index contributed by atoms with van der Waals surface area (Å²) >= 11 is 0. The maximum absolute atomic E-state index is 12.9. The third-order valence-corrected chi connectivity index (χ3v) is 7.70. The second-order valence-electron chi connectivity index (χ2n) is 10.8. The van der Waals surface area contributed by atoms with Gasteiger partial charge in [-0.1, -0.05) is 19.6 Å². The number of aromatic nitrogens is 3. The van der Waals surface area contributed by atoms with Gasteiger partial charge in [0, 0.05) is 46.3 Å². The zero-order valence-corrected chi connectivity index (χ0v) is 24.4. The number of hydrogen-bond donors (Lipinski definition) is 4. The number of benzene rings is 2. The van der Waals surface area contributed by atoms with Gasteiger partial charge in [-0.15, -0.1) is 0 Å². The molecule has 1 aliphatic carbocycles. The van der Waals surface area contributed by atoms with E-state index in [1.54, 1.807) is 24.3 Å². The summed E-state index contributed by atoms with van der Waals surface area (Å²) in [6.45, 7) is 5.55. The van der Waals surface area contributed by atoms with Crippen molar-refractivity contribution in [3.8, 4) is 0 Å². The maximum atomic E-state index is 12.9.